The SMILES string of the molecule is C=CCCC(C(=C)NC)N(C=C)C(=C)c1cc(NCCOCCOCCOCCN)ccc1C.CCC. The molecule has 37 heavy (non-hydrogen) atoms. The second-order valence-electron chi connectivity index (χ2n) is 8.48. The Bertz CT molecular complexity index is 782. The third-order valence-corrected chi connectivity index (χ3v) is 5.34. The minimum Gasteiger partial charge on any atom is -0.390 e. The summed E-state index contributed by atoms with van der Waals surface area (Å²) in [6.07, 6.45) is 6.73. The van der Waals surface area contributed by atoms with Gasteiger partial charge in [0.05, 0.1) is 45.7 Å². The molecule has 0 fully saturated rings. The number of nitrogens with zero attached hydrogens (tertiary/aromatic N) is 1. The lowest BCUT2D eigenvalue weighted by atomic mass is 10.0. The number of nitrogens with one attached hydrogen (secondary N) is 2. The molecule has 0 saturated carbocycles. The van der Waals surface area contributed by atoms with Crippen molar-refractivity contribution in [3.05, 3.63) is 73.6 Å². The average Bonchev–Trinajstić information content (AvgIpc) is 2.90. The van der Waals surface area contributed by atoms with Crippen LogP contribution in [0.2, 0.25) is 0 Å². The maximum absolute atomic E-state index is 5.64. The summed E-state index contributed by atoms with van der Waals surface area (Å²) in [4.78, 5) is 2.08. The van der Waals surface area contributed by atoms with Crippen LogP contribution in [0.3, 0.4) is 0 Å². The molecule has 0 aliphatic rings. The molecule has 0 aliphatic heterocycles. The fourth-order valence-corrected chi connectivity index (χ4v) is 3.42. The molecule has 0 heterocycles. The van der Waals surface area contributed by atoms with Gasteiger partial charge >= 0.3 is 0 Å². The van der Waals surface area contributed by atoms with E-state index >= 15 is 0 Å². The third kappa shape index (κ3) is 14.7. The lowest BCUT2D eigenvalue weighted by molar-refractivity contribution is 0.0179. The van der Waals surface area contributed by atoms with Crippen LogP contribution in [-0.4, -0.2) is 70.7 Å². The first-order valence-corrected chi connectivity index (χ1v) is 13.3. The Balaban J connectivity index is 0.00000410. The van der Waals surface area contributed by atoms with Crippen LogP contribution in [0.4, 0.5) is 5.69 Å². The van der Waals surface area contributed by atoms with Crippen LogP contribution in [0.15, 0.2) is 62.5 Å². The number of ether oxygens (including phenoxy) is 3. The molecule has 0 saturated heterocycles. The van der Waals surface area contributed by atoms with Crippen LogP contribution in [-0.2, 0) is 14.2 Å². The highest BCUT2D eigenvalue weighted by molar-refractivity contribution is 5.70. The van der Waals surface area contributed by atoms with Crippen LogP contribution >= 0.6 is 0 Å². The van der Waals surface area contributed by atoms with E-state index in [9.17, 15) is 0 Å². The summed E-state index contributed by atoms with van der Waals surface area (Å²) in [6.45, 7) is 27.3. The molecule has 1 aromatic carbocycles. The summed E-state index contributed by atoms with van der Waals surface area (Å²) < 4.78 is 16.3. The summed E-state index contributed by atoms with van der Waals surface area (Å²) in [5.74, 6) is 0. The van der Waals surface area contributed by atoms with Crippen LogP contribution in [0.25, 0.3) is 5.70 Å². The van der Waals surface area contributed by atoms with E-state index in [1.807, 2.05) is 19.3 Å². The quantitative estimate of drug-likeness (QED) is 0.151. The van der Waals surface area contributed by atoms with Gasteiger partial charge in [0.2, 0.25) is 0 Å². The molecule has 1 aromatic rings. The Morgan fingerprint density at radius 3 is 2.16 bits per heavy atom. The molecule has 0 amide bonds. The van der Waals surface area contributed by atoms with E-state index in [0.29, 0.717) is 52.7 Å². The van der Waals surface area contributed by atoms with Gasteiger partial charge in [0.1, 0.15) is 0 Å². The summed E-state index contributed by atoms with van der Waals surface area (Å²) in [7, 11) is 1.88. The Hall–Kier alpha value is -2.58. The summed E-state index contributed by atoms with van der Waals surface area (Å²) in [5, 5.41) is 6.60. The average molecular weight is 517 g/mol. The lowest BCUT2D eigenvalue weighted by Gasteiger charge is -2.34. The first-order chi connectivity index (χ1) is 17.9. The number of allylic oxidation sites excluding steroid dienone is 1. The molecule has 0 aliphatic carbocycles. The largest absolute Gasteiger partial charge is 0.390 e. The predicted octanol–water partition coefficient (Wildman–Crippen LogP) is 5.32. The molecule has 1 unspecified atom stereocenters. The zero-order valence-electron chi connectivity index (χ0n) is 23.8. The second kappa shape index (κ2) is 22.6. The van der Waals surface area contributed by atoms with E-state index in [2.05, 4.69) is 80.8 Å². The van der Waals surface area contributed by atoms with Gasteiger partial charge in [-0.25, -0.2) is 0 Å². The minimum atomic E-state index is 0.0341. The number of benzene rings is 1. The second-order valence-corrected chi connectivity index (χ2v) is 8.48. The molecule has 210 valence electrons. The summed E-state index contributed by atoms with van der Waals surface area (Å²) in [5.41, 5.74) is 10.4. The first-order valence-electron chi connectivity index (χ1n) is 13.3. The highest BCUT2D eigenvalue weighted by atomic mass is 16.5. The fraction of sp³-hybridized carbons (Fsp3) is 0.533. The summed E-state index contributed by atoms with van der Waals surface area (Å²) >= 11 is 0. The van der Waals surface area contributed by atoms with Gasteiger partial charge in [-0.15, -0.1) is 6.58 Å². The molecule has 7 nitrogen and oxygen atoms in total. The molecule has 1 atom stereocenters. The zero-order chi connectivity index (χ0) is 27.9. The van der Waals surface area contributed by atoms with Crippen molar-refractivity contribution in [1.29, 1.82) is 0 Å². The van der Waals surface area contributed by atoms with E-state index in [-0.39, 0.29) is 6.04 Å². The van der Waals surface area contributed by atoms with E-state index in [0.717, 1.165) is 41.1 Å². The Labute approximate surface area is 226 Å². The van der Waals surface area contributed by atoms with Crippen molar-refractivity contribution in [2.45, 2.75) is 46.1 Å². The van der Waals surface area contributed by atoms with Crippen LogP contribution in [0.5, 0.6) is 0 Å². The van der Waals surface area contributed by atoms with E-state index in [4.69, 9.17) is 19.9 Å². The molecular formula is C30H52N4O3. The smallest absolute Gasteiger partial charge is 0.0728 e. The molecule has 0 bridgehead atoms. The van der Waals surface area contributed by atoms with Crippen molar-refractivity contribution in [3.63, 3.8) is 0 Å². The van der Waals surface area contributed by atoms with Crippen molar-refractivity contribution in [2.75, 3.05) is 65.1 Å². The van der Waals surface area contributed by atoms with Gasteiger partial charge in [0, 0.05) is 42.8 Å². The highest BCUT2D eigenvalue weighted by Crippen LogP contribution is 2.29. The normalized spacial score (nSPS) is 11.1. The lowest BCUT2D eigenvalue weighted by Crippen LogP contribution is -2.35. The van der Waals surface area contributed by atoms with Crippen molar-refractivity contribution in [2.24, 2.45) is 5.73 Å². The molecule has 0 radical (unpaired) electrons. The topological polar surface area (TPSA) is 81.0 Å². The third-order valence-electron chi connectivity index (χ3n) is 5.34. The van der Waals surface area contributed by atoms with Gasteiger partial charge in [-0.2, -0.15) is 0 Å². The first kappa shape index (κ1) is 34.4. The molecule has 0 aromatic heterocycles. The summed E-state index contributed by atoms with van der Waals surface area (Å²) in [6, 6.07) is 6.31. The van der Waals surface area contributed by atoms with Crippen molar-refractivity contribution < 1.29 is 14.2 Å². The van der Waals surface area contributed by atoms with E-state index in [1.54, 1.807) is 0 Å². The van der Waals surface area contributed by atoms with Gasteiger partial charge in [0.15, 0.2) is 0 Å². The van der Waals surface area contributed by atoms with Gasteiger partial charge in [-0.1, -0.05) is 52.1 Å². The molecule has 0 spiro atoms. The number of aryl methyl sites for hydroxylation is 1. The minimum absolute atomic E-state index is 0.0341. The maximum atomic E-state index is 5.64. The van der Waals surface area contributed by atoms with Gasteiger partial charge in [-0.3, -0.25) is 0 Å². The molecular weight excluding hydrogens is 464 g/mol. The number of rotatable bonds is 21. The van der Waals surface area contributed by atoms with Gasteiger partial charge in [0.25, 0.3) is 0 Å². The standard InChI is InChI=1S/C27H44N4O3.C3H8/c1-7-9-10-27(23(4)29-6)31(8-2)24(5)26-21-25(12-11-22(26)3)30-14-16-33-18-20-34-19-17-32-15-13-28;1-3-2/h7-8,11-12,21,27,29-30H,1-2,4-5,9-10,13-20,28H2,3,6H3;3H2,1-2H3. The van der Waals surface area contributed by atoms with Crippen LogP contribution in [0, 0.1) is 6.92 Å². The van der Waals surface area contributed by atoms with E-state index in [1.165, 1.54) is 6.42 Å². The molecule has 4 N–H and O–H groups in total. The fourth-order valence-electron chi connectivity index (χ4n) is 3.42. The van der Waals surface area contributed by atoms with Crippen LogP contribution in [0.1, 0.15) is 44.2 Å². The number of likely N-dealkylation sites (N-methyl/N-ethyl adjacent to an activating group) is 1. The Morgan fingerprint density at radius 2 is 1.62 bits per heavy atom. The van der Waals surface area contributed by atoms with Crippen molar-refractivity contribution >= 4 is 11.4 Å². The number of nitrogens with two attached hydrogens (primary N) is 1. The van der Waals surface area contributed by atoms with Crippen molar-refractivity contribution in [3.8, 4) is 0 Å². The number of hydrogen-bond acceptors (Lipinski definition) is 7. The maximum Gasteiger partial charge on any atom is 0.0728 e. The number of anilines is 1. The Morgan fingerprint density at radius 1 is 1.03 bits per heavy atom. The highest BCUT2D eigenvalue weighted by Gasteiger charge is 2.21. The van der Waals surface area contributed by atoms with E-state index < -0.39 is 0 Å². The monoisotopic (exact) mass is 516 g/mol. The Kier molecular flexibility index (Phi) is 21.0. The van der Waals surface area contributed by atoms with Crippen LogP contribution < -0.4 is 16.4 Å². The predicted molar refractivity (Wildman–Crippen MR) is 160 cm³/mol. The van der Waals surface area contributed by atoms with Gasteiger partial charge in [-0.05, 0) is 43.7 Å². The zero-order valence-corrected chi connectivity index (χ0v) is 23.8. The van der Waals surface area contributed by atoms with Crippen molar-refractivity contribution in [1.82, 2.24) is 10.2 Å². The van der Waals surface area contributed by atoms with Gasteiger partial charge < -0.3 is 35.5 Å². The molecule has 7 heteroatoms. The molecule has 1 rings (SSSR count). The number of hydrogen-bond donors (Lipinski definition) is 3.